The summed E-state index contributed by atoms with van der Waals surface area (Å²) in [7, 11) is 0. The third kappa shape index (κ3) is 5.72. The van der Waals surface area contributed by atoms with Gasteiger partial charge in [-0.1, -0.05) is 93.7 Å². The molecule has 4 N–H and O–H groups in total. The van der Waals surface area contributed by atoms with Gasteiger partial charge in [0.1, 0.15) is 41.2 Å². The van der Waals surface area contributed by atoms with Crippen molar-refractivity contribution in [1.29, 1.82) is 0 Å². The number of nitrogens with zero attached hydrogens (tertiary/aromatic N) is 1. The Hall–Kier alpha value is -4.11. The number of nitrogens with one attached hydrogen (secondary N) is 1. The topological polar surface area (TPSA) is 181 Å². The van der Waals surface area contributed by atoms with Crippen LogP contribution in [0.4, 0.5) is 0 Å². The van der Waals surface area contributed by atoms with Crippen LogP contribution in [0.1, 0.15) is 145 Å². The lowest BCUT2D eigenvalue weighted by Gasteiger charge is -2.73. The fraction of sp³-hybridized carbons (Fsp3) is 0.725. The summed E-state index contributed by atoms with van der Waals surface area (Å²) < 4.78 is 37.0. The van der Waals surface area contributed by atoms with Gasteiger partial charge in [0, 0.05) is 35.4 Å². The monoisotopic (exact) mass is 1120 g/mol. The van der Waals surface area contributed by atoms with Crippen molar-refractivity contribution >= 4 is 17.7 Å². The molecule has 9 aliphatic carbocycles. The van der Waals surface area contributed by atoms with Crippen LogP contribution in [0.15, 0.2) is 83.2 Å². The Labute approximate surface area is 481 Å². The molecule has 0 amide bonds. The normalized spacial score (nSPS) is 51.8. The minimum atomic E-state index is -1.49. The van der Waals surface area contributed by atoms with E-state index in [4.69, 9.17) is 23.4 Å². The van der Waals surface area contributed by atoms with E-state index in [1.165, 1.54) is 11.1 Å². The summed E-state index contributed by atoms with van der Waals surface area (Å²) in [5.41, 5.74) is -5.34. The predicted molar refractivity (Wildman–Crippen MR) is 298 cm³/mol. The fourth-order valence-electron chi connectivity index (χ4n) is 26.1. The number of aliphatic hydroxyl groups is 3. The Bertz CT molecular complexity index is 3130. The molecule has 5 saturated heterocycles. The Balaban J connectivity index is 0.837. The summed E-state index contributed by atoms with van der Waals surface area (Å²) in [4.78, 5) is 51.6. The van der Waals surface area contributed by atoms with E-state index in [9.17, 15) is 15.3 Å². The minimum absolute atomic E-state index is 0.0454. The number of hydrogen-bond donors (Lipinski definition) is 4. The SMILES string of the molecule is CC12CC3CC45CC6C=CC47C(=O)OCC48C(C(=O)C(O)C(C9CCCC(Cc%10ccccc%10)C9)(C34)C13OC3C(=O)OC2c1ccoc1CC(C(O)CO)C1CCC2C(C=CN3CNCC23)C1)C1(C2CCCCC2)CC=C(CC5C6)C87O1. The van der Waals surface area contributed by atoms with E-state index >= 15 is 14.4 Å². The van der Waals surface area contributed by atoms with Gasteiger partial charge < -0.3 is 43.6 Å². The van der Waals surface area contributed by atoms with E-state index in [0.717, 1.165) is 128 Å². The van der Waals surface area contributed by atoms with Crippen molar-refractivity contribution < 1.29 is 53.1 Å². The van der Waals surface area contributed by atoms with E-state index < -0.39 is 86.1 Å². The zero-order valence-electron chi connectivity index (χ0n) is 47.8. The molecule has 8 saturated carbocycles. The molecule has 13 heteroatoms. The van der Waals surface area contributed by atoms with Gasteiger partial charge in [0.25, 0.3) is 0 Å². The quantitative estimate of drug-likeness (QED) is 0.101. The second-order valence-electron chi connectivity index (χ2n) is 30.6. The maximum atomic E-state index is 17.4. The smallest absolute Gasteiger partial charge is 0.339 e. The highest BCUT2D eigenvalue weighted by Gasteiger charge is 3.00. The van der Waals surface area contributed by atoms with E-state index in [-0.39, 0.29) is 66.4 Å². The molecule has 7 aliphatic heterocycles. The van der Waals surface area contributed by atoms with Crippen molar-refractivity contribution in [3.8, 4) is 0 Å². The van der Waals surface area contributed by atoms with Gasteiger partial charge in [-0.25, -0.2) is 4.79 Å². The fourth-order valence-corrected chi connectivity index (χ4v) is 26.1. The van der Waals surface area contributed by atoms with Crippen LogP contribution in [0.2, 0.25) is 0 Å². The van der Waals surface area contributed by atoms with Gasteiger partial charge in [0.15, 0.2) is 11.9 Å². The first-order chi connectivity index (χ1) is 39.9. The number of fused-ring (bicyclic) bond motifs is 6. The maximum absolute atomic E-state index is 17.4. The number of hydrogen-bond acceptors (Lipinski definition) is 13. The molecule has 8 heterocycles. The number of rotatable bonds is 10. The summed E-state index contributed by atoms with van der Waals surface area (Å²) >= 11 is 0. The number of esters is 2. The highest BCUT2D eigenvalue weighted by Crippen LogP contribution is 2.93. The van der Waals surface area contributed by atoms with Gasteiger partial charge in [0.05, 0.1) is 42.6 Å². The van der Waals surface area contributed by atoms with E-state index in [0.29, 0.717) is 48.8 Å². The maximum Gasteiger partial charge on any atom is 0.339 e. The van der Waals surface area contributed by atoms with Gasteiger partial charge in [-0.3, -0.25) is 14.9 Å². The molecule has 5 spiro atoms. The average Bonchev–Trinajstić information content (AvgIpc) is 1.40. The van der Waals surface area contributed by atoms with Crippen molar-refractivity contribution in [2.75, 3.05) is 26.4 Å². The van der Waals surface area contributed by atoms with Crippen molar-refractivity contribution in [2.45, 2.75) is 183 Å². The Morgan fingerprint density at radius 3 is 2.60 bits per heavy atom. The van der Waals surface area contributed by atoms with Crippen LogP contribution >= 0.6 is 0 Å². The first-order valence-electron chi connectivity index (χ1n) is 32.8. The molecule has 16 aliphatic rings. The van der Waals surface area contributed by atoms with Gasteiger partial charge in [-0.15, -0.1) is 0 Å². The molecule has 18 rings (SSSR count). The molecule has 0 radical (unpaired) electrons. The van der Waals surface area contributed by atoms with Crippen molar-refractivity contribution in [2.24, 2.45) is 98.1 Å². The Morgan fingerprint density at radius 2 is 1.74 bits per heavy atom. The number of allylic oxidation sites excluding steroid dienone is 2. The number of ketones is 1. The first kappa shape index (κ1) is 51.1. The number of carbonyl (C=O) groups is 3. The van der Waals surface area contributed by atoms with Gasteiger partial charge in [-0.2, -0.15) is 0 Å². The zero-order chi connectivity index (χ0) is 55.1. The number of carbonyl (C=O) groups excluding carboxylic acids is 3. The van der Waals surface area contributed by atoms with Crippen LogP contribution in [-0.2, 0) is 46.2 Å². The highest BCUT2D eigenvalue weighted by molar-refractivity contribution is 5.95. The molecular formula is C69H84N2O11. The number of epoxide rings is 1. The van der Waals surface area contributed by atoms with Crippen molar-refractivity contribution in [3.63, 3.8) is 0 Å². The molecule has 1 aromatic heterocycles. The average molecular weight is 1120 g/mol. The first-order valence-corrected chi connectivity index (χ1v) is 32.8. The number of ether oxygens (including phenoxy) is 4. The largest absolute Gasteiger partial charge is 0.469 e. The third-order valence-electron chi connectivity index (χ3n) is 28.3. The molecular weight excluding hydrogens is 1030 g/mol. The lowest BCUT2D eigenvalue weighted by atomic mass is 9.29. The molecule has 24 atom stereocenters. The standard InChI is InChI=1S/C69H84N2O11/c1-62-32-43-33-63-31-40-17-22-66(63)61(77)79-36-64-55(43)67(45-14-8-11-39(26-45)25-38-9-4-2-5-10-38,57(75)54(74)56(64)65(44-12-6-3-7-13-44)21-18-46(29-47(63)27-40)68(64,66)82-65)69(62)59(81-69)60(76)80-58(62)49-20-24-78-53(49)30-50(52(73)35-72)41-15-16-48-42(28-41)19-23-71-37-70-34-51(48)71/h2,4-5,9-10,17-20,22-24,39-45,47-48,50-52,55-59,70,72-73,75H,3,6-8,11-16,21,25-37H2,1H3. The summed E-state index contributed by atoms with van der Waals surface area (Å²) in [5.74, 6) is -0.235. The molecule has 6 bridgehead atoms. The molecule has 13 fully saturated rings. The van der Waals surface area contributed by atoms with Crippen LogP contribution in [0.5, 0.6) is 0 Å². The summed E-state index contributed by atoms with van der Waals surface area (Å²) in [6, 6.07) is 13.2. The molecule has 1 aromatic carbocycles. The zero-order valence-corrected chi connectivity index (χ0v) is 47.8. The molecule has 24 unspecified atom stereocenters. The van der Waals surface area contributed by atoms with Crippen LogP contribution in [0.3, 0.4) is 0 Å². The Morgan fingerprint density at radius 1 is 0.890 bits per heavy atom. The van der Waals surface area contributed by atoms with Gasteiger partial charge in [-0.05, 0) is 184 Å². The summed E-state index contributed by atoms with van der Waals surface area (Å²) in [6.07, 6.45) is 26.3. The summed E-state index contributed by atoms with van der Waals surface area (Å²) in [6.45, 7) is 3.79. The van der Waals surface area contributed by atoms with Crippen LogP contribution in [-0.4, -0.2) is 106 Å². The molecule has 13 nitrogen and oxygen atoms in total. The third-order valence-corrected chi connectivity index (χ3v) is 28.3. The van der Waals surface area contributed by atoms with E-state index in [2.05, 4.69) is 78.0 Å². The second-order valence-corrected chi connectivity index (χ2v) is 30.6. The second kappa shape index (κ2) is 17.1. The molecule has 2 aromatic rings. The minimum Gasteiger partial charge on any atom is -0.469 e. The number of cyclic esters (lactones) is 2. The summed E-state index contributed by atoms with van der Waals surface area (Å²) in [5, 5.41) is 41.1. The van der Waals surface area contributed by atoms with Crippen molar-refractivity contribution in [3.05, 3.63) is 95.6 Å². The van der Waals surface area contributed by atoms with E-state index in [1.807, 2.05) is 6.07 Å². The van der Waals surface area contributed by atoms with Crippen LogP contribution in [0, 0.1) is 98.1 Å². The van der Waals surface area contributed by atoms with Crippen LogP contribution in [0.25, 0.3) is 0 Å². The number of aliphatic hydroxyl groups excluding tert-OH is 3. The van der Waals surface area contributed by atoms with Gasteiger partial charge in [0.2, 0.25) is 0 Å². The lowest BCUT2D eigenvalue weighted by molar-refractivity contribution is -0.308. The predicted octanol–water partition coefficient (Wildman–Crippen LogP) is 8.89. The van der Waals surface area contributed by atoms with Crippen molar-refractivity contribution in [1.82, 2.24) is 10.2 Å². The number of Topliss-reactive ketones (excluding diaryl/α,β-unsaturated/α-hetero) is 1. The molecule has 436 valence electrons. The van der Waals surface area contributed by atoms with Crippen LogP contribution < -0.4 is 5.32 Å². The molecule has 82 heavy (non-hydrogen) atoms. The number of benzene rings is 1. The Kier molecular flexibility index (Phi) is 10.7. The highest BCUT2D eigenvalue weighted by atomic mass is 16.7. The van der Waals surface area contributed by atoms with E-state index in [1.54, 1.807) is 6.26 Å². The lowest BCUT2D eigenvalue weighted by Crippen LogP contribution is -2.83. The number of furan rings is 1. The van der Waals surface area contributed by atoms with Gasteiger partial charge >= 0.3 is 11.9 Å².